The molecule has 0 aromatic carbocycles. The number of hydrogen-bond acceptors (Lipinski definition) is 4. The molecule has 0 atom stereocenters. The van der Waals surface area contributed by atoms with Crippen molar-refractivity contribution in [3.05, 3.63) is 0 Å². The molecule has 0 aliphatic carbocycles. The number of thiol groups is 1. The van der Waals surface area contributed by atoms with Gasteiger partial charge in [0, 0.05) is 0 Å². The minimum atomic E-state index is -4.23. The van der Waals surface area contributed by atoms with E-state index in [4.69, 9.17) is 4.55 Å². The maximum atomic E-state index is 9.81. The molecule has 0 radical (unpaired) electrons. The van der Waals surface area contributed by atoms with Crippen molar-refractivity contribution < 1.29 is 17.2 Å². The molecule has 0 saturated heterocycles. The molecule has 0 aromatic heterocycles. The molecule has 7 heteroatoms. The zero-order chi connectivity index (χ0) is 7.33. The average molecular weight is 196 g/mol. The third-order valence-corrected chi connectivity index (χ3v) is 1.32. The quantitative estimate of drug-likeness (QED) is 0.275. The van der Waals surface area contributed by atoms with Gasteiger partial charge in [0.05, 0.1) is 6.61 Å². The van der Waals surface area contributed by atoms with E-state index in [0.717, 1.165) is 0 Å². The van der Waals surface area contributed by atoms with Crippen LogP contribution in [-0.4, -0.2) is 54.9 Å². The number of hydrogen-bond donors (Lipinski definition) is 2. The SMILES string of the molecule is O=S(=O)(O)OCCCS.[NaH]. The van der Waals surface area contributed by atoms with Crippen LogP contribution in [0.5, 0.6) is 0 Å². The third-order valence-electron chi connectivity index (χ3n) is 0.535. The van der Waals surface area contributed by atoms with E-state index in [1.807, 2.05) is 0 Å². The Morgan fingerprint density at radius 1 is 1.50 bits per heavy atom. The van der Waals surface area contributed by atoms with Gasteiger partial charge in [-0.1, -0.05) is 0 Å². The van der Waals surface area contributed by atoms with E-state index in [1.165, 1.54) is 0 Å². The van der Waals surface area contributed by atoms with E-state index >= 15 is 0 Å². The first-order valence-electron chi connectivity index (χ1n) is 2.29. The van der Waals surface area contributed by atoms with Crippen molar-refractivity contribution in [2.45, 2.75) is 6.42 Å². The van der Waals surface area contributed by atoms with Gasteiger partial charge in [0.1, 0.15) is 0 Å². The first-order chi connectivity index (χ1) is 4.06. The first-order valence-corrected chi connectivity index (χ1v) is 4.29. The van der Waals surface area contributed by atoms with Gasteiger partial charge in [-0.25, -0.2) is 4.18 Å². The van der Waals surface area contributed by atoms with Crippen LogP contribution in [-0.2, 0) is 14.6 Å². The van der Waals surface area contributed by atoms with E-state index < -0.39 is 10.4 Å². The molecule has 0 fully saturated rings. The second-order valence-electron chi connectivity index (χ2n) is 1.33. The van der Waals surface area contributed by atoms with Crippen LogP contribution >= 0.6 is 12.6 Å². The molecule has 4 nitrogen and oxygen atoms in total. The monoisotopic (exact) mass is 196 g/mol. The normalized spacial score (nSPS) is 10.6. The van der Waals surface area contributed by atoms with Crippen LogP contribution in [0.3, 0.4) is 0 Å². The molecule has 0 bridgehead atoms. The Hall–Kier alpha value is 1.22. The summed E-state index contributed by atoms with van der Waals surface area (Å²) in [5, 5.41) is 0. The summed E-state index contributed by atoms with van der Waals surface area (Å²) in [5.74, 6) is 0.537. The van der Waals surface area contributed by atoms with Crippen LogP contribution < -0.4 is 0 Å². The maximum absolute atomic E-state index is 9.81. The number of rotatable bonds is 4. The summed E-state index contributed by atoms with van der Waals surface area (Å²) in [6.45, 7) is -0.0116. The molecule has 0 heterocycles. The molecule has 0 aliphatic heterocycles. The molecule has 0 rings (SSSR count). The molecule has 0 spiro atoms. The van der Waals surface area contributed by atoms with E-state index in [1.54, 1.807) is 0 Å². The van der Waals surface area contributed by atoms with Crippen LogP contribution in [0.4, 0.5) is 0 Å². The van der Waals surface area contributed by atoms with Crippen molar-refractivity contribution in [3.63, 3.8) is 0 Å². The fourth-order valence-corrected chi connectivity index (χ4v) is 0.686. The van der Waals surface area contributed by atoms with Gasteiger partial charge in [0.25, 0.3) is 0 Å². The van der Waals surface area contributed by atoms with Crippen LogP contribution in [0.15, 0.2) is 0 Å². The second-order valence-corrected chi connectivity index (χ2v) is 2.87. The summed E-state index contributed by atoms with van der Waals surface area (Å²) in [4.78, 5) is 0. The van der Waals surface area contributed by atoms with Crippen LogP contribution in [0, 0.1) is 0 Å². The Bertz CT molecular complexity index is 154. The molecule has 0 aliphatic rings. The van der Waals surface area contributed by atoms with Gasteiger partial charge in [0.2, 0.25) is 0 Å². The molecule has 0 amide bonds. The van der Waals surface area contributed by atoms with E-state index in [0.29, 0.717) is 12.2 Å². The molecular formula is C3H9NaO4S2. The van der Waals surface area contributed by atoms with E-state index in [9.17, 15) is 8.42 Å². The van der Waals surface area contributed by atoms with Gasteiger partial charge in [-0.15, -0.1) is 0 Å². The Morgan fingerprint density at radius 2 is 2.00 bits per heavy atom. The van der Waals surface area contributed by atoms with E-state index in [-0.39, 0.29) is 36.2 Å². The first kappa shape index (κ1) is 13.8. The summed E-state index contributed by atoms with van der Waals surface area (Å²) in [6, 6.07) is 0. The van der Waals surface area contributed by atoms with Gasteiger partial charge in [0.15, 0.2) is 0 Å². The zero-order valence-corrected chi connectivity index (χ0v) is 6.36. The van der Waals surface area contributed by atoms with Gasteiger partial charge in [-0.2, -0.15) is 21.0 Å². The van der Waals surface area contributed by atoms with Crippen molar-refractivity contribution in [1.29, 1.82) is 0 Å². The molecular weight excluding hydrogens is 187 g/mol. The predicted octanol–water partition coefficient (Wildman–Crippen LogP) is -0.523. The minimum absolute atomic E-state index is 0. The van der Waals surface area contributed by atoms with Crippen molar-refractivity contribution >= 4 is 52.6 Å². The molecule has 10 heavy (non-hydrogen) atoms. The summed E-state index contributed by atoms with van der Waals surface area (Å²) in [5.41, 5.74) is 0. The van der Waals surface area contributed by atoms with E-state index in [2.05, 4.69) is 16.8 Å². The molecule has 58 valence electrons. The van der Waals surface area contributed by atoms with Crippen LogP contribution in [0.25, 0.3) is 0 Å². The Kier molecular flexibility index (Phi) is 9.51. The summed E-state index contributed by atoms with van der Waals surface area (Å²) in [7, 11) is -4.23. The Morgan fingerprint density at radius 3 is 2.30 bits per heavy atom. The molecule has 0 aromatic rings. The Balaban J connectivity index is 0. The average Bonchev–Trinajstić information content (AvgIpc) is 1.63. The standard InChI is InChI=1S/C3H8O4S2.Na.H/c4-9(5,6)7-2-1-3-8;;/h8H,1-3H2,(H,4,5,6);;. The predicted molar refractivity (Wildman–Crippen MR) is 43.1 cm³/mol. The second kappa shape index (κ2) is 6.90. The van der Waals surface area contributed by atoms with Crippen molar-refractivity contribution in [1.82, 2.24) is 0 Å². The summed E-state index contributed by atoms with van der Waals surface area (Å²) >= 11 is 3.79. The van der Waals surface area contributed by atoms with Crippen LogP contribution in [0.2, 0.25) is 0 Å². The van der Waals surface area contributed by atoms with Crippen molar-refractivity contribution in [2.24, 2.45) is 0 Å². The molecule has 1 N–H and O–H groups in total. The molecule has 0 saturated carbocycles. The Labute approximate surface area is 88.0 Å². The summed E-state index contributed by atoms with van der Waals surface area (Å²) < 4.78 is 31.5. The topological polar surface area (TPSA) is 63.6 Å². The summed E-state index contributed by atoms with van der Waals surface area (Å²) in [6.07, 6.45) is 0.503. The van der Waals surface area contributed by atoms with Gasteiger partial charge < -0.3 is 0 Å². The van der Waals surface area contributed by atoms with Gasteiger partial charge in [-0.05, 0) is 12.2 Å². The van der Waals surface area contributed by atoms with Gasteiger partial charge in [-0.3, -0.25) is 4.55 Å². The third kappa shape index (κ3) is 12.0. The fourth-order valence-electron chi connectivity index (χ4n) is 0.229. The fraction of sp³-hybridized carbons (Fsp3) is 1.00. The van der Waals surface area contributed by atoms with Gasteiger partial charge >= 0.3 is 40.0 Å². The van der Waals surface area contributed by atoms with Crippen molar-refractivity contribution in [2.75, 3.05) is 12.4 Å². The van der Waals surface area contributed by atoms with Crippen LogP contribution in [0.1, 0.15) is 6.42 Å². The zero-order valence-electron chi connectivity index (χ0n) is 4.65. The van der Waals surface area contributed by atoms with Crippen molar-refractivity contribution in [3.8, 4) is 0 Å². The molecule has 0 unspecified atom stereocenters.